The number of hydrazone groups is 1. The van der Waals surface area contributed by atoms with Crippen molar-refractivity contribution in [3.05, 3.63) is 58.6 Å². The van der Waals surface area contributed by atoms with Crippen molar-refractivity contribution in [2.45, 2.75) is 6.92 Å². The molecular formula is C20H22ClN3O6S. The summed E-state index contributed by atoms with van der Waals surface area (Å²) in [5.41, 5.74) is 3.73. The van der Waals surface area contributed by atoms with Gasteiger partial charge < -0.3 is 9.47 Å². The highest BCUT2D eigenvalue weighted by molar-refractivity contribution is 7.92. The van der Waals surface area contributed by atoms with Crippen LogP contribution in [-0.2, 0) is 24.3 Å². The van der Waals surface area contributed by atoms with Gasteiger partial charge >= 0.3 is 5.97 Å². The number of nitrogens with zero attached hydrogens (tertiary/aromatic N) is 2. The van der Waals surface area contributed by atoms with E-state index in [9.17, 15) is 18.0 Å². The fourth-order valence-corrected chi connectivity index (χ4v) is 3.55. The summed E-state index contributed by atoms with van der Waals surface area (Å²) in [7, 11) is -2.48. The fraction of sp³-hybridized carbons (Fsp3) is 0.250. The molecule has 1 N–H and O–H groups in total. The average Bonchev–Trinajstić information content (AvgIpc) is 2.72. The molecular weight excluding hydrogens is 446 g/mol. The normalized spacial score (nSPS) is 11.2. The minimum atomic E-state index is -3.74. The first-order chi connectivity index (χ1) is 14.6. The Morgan fingerprint density at radius 1 is 1.23 bits per heavy atom. The Morgan fingerprint density at radius 2 is 1.94 bits per heavy atom. The molecule has 0 saturated carbocycles. The second-order valence-corrected chi connectivity index (χ2v) is 8.70. The summed E-state index contributed by atoms with van der Waals surface area (Å²) >= 11 is 6.08. The molecule has 0 aromatic heterocycles. The Morgan fingerprint density at radius 3 is 2.61 bits per heavy atom. The van der Waals surface area contributed by atoms with Gasteiger partial charge in [0.25, 0.3) is 5.91 Å². The number of carbonyl (C=O) groups excluding carboxylic acids is 2. The minimum Gasteiger partial charge on any atom is -0.482 e. The van der Waals surface area contributed by atoms with Crippen LogP contribution in [0.2, 0.25) is 5.02 Å². The molecule has 2 rings (SSSR count). The quantitative estimate of drug-likeness (QED) is 0.343. The number of benzene rings is 2. The monoisotopic (exact) mass is 467 g/mol. The number of rotatable bonds is 9. The topological polar surface area (TPSA) is 114 Å². The number of carbonyl (C=O) groups is 2. The van der Waals surface area contributed by atoms with Crippen LogP contribution >= 0.6 is 11.6 Å². The zero-order valence-electron chi connectivity index (χ0n) is 17.2. The van der Waals surface area contributed by atoms with Crippen LogP contribution in [0.15, 0.2) is 47.6 Å². The number of nitrogens with one attached hydrogen (secondary N) is 1. The smallest absolute Gasteiger partial charge is 0.343 e. The van der Waals surface area contributed by atoms with Crippen LogP contribution < -0.4 is 14.5 Å². The Hall–Kier alpha value is -3.11. The molecule has 0 unspecified atom stereocenters. The number of halogens is 1. The van der Waals surface area contributed by atoms with E-state index >= 15 is 0 Å². The molecule has 166 valence electrons. The number of ether oxygens (including phenoxy) is 2. The van der Waals surface area contributed by atoms with E-state index < -0.39 is 28.4 Å². The van der Waals surface area contributed by atoms with E-state index in [4.69, 9.17) is 16.3 Å². The van der Waals surface area contributed by atoms with Crippen LogP contribution in [0.4, 0.5) is 5.69 Å². The maximum Gasteiger partial charge on any atom is 0.343 e. The molecule has 9 nitrogen and oxygen atoms in total. The lowest BCUT2D eigenvalue weighted by molar-refractivity contribution is -0.142. The van der Waals surface area contributed by atoms with E-state index in [0.717, 1.165) is 10.6 Å². The van der Waals surface area contributed by atoms with Crippen molar-refractivity contribution in [1.82, 2.24) is 5.43 Å². The fourth-order valence-electron chi connectivity index (χ4n) is 2.48. The van der Waals surface area contributed by atoms with Crippen molar-refractivity contribution in [2.24, 2.45) is 5.10 Å². The molecule has 0 saturated heterocycles. The van der Waals surface area contributed by atoms with Crippen LogP contribution in [0.5, 0.6) is 5.75 Å². The molecule has 11 heteroatoms. The van der Waals surface area contributed by atoms with Crippen molar-refractivity contribution in [3.63, 3.8) is 0 Å². The van der Waals surface area contributed by atoms with Gasteiger partial charge in [-0.3, -0.25) is 9.10 Å². The largest absolute Gasteiger partial charge is 0.482 e. The van der Waals surface area contributed by atoms with Crippen molar-refractivity contribution in [1.29, 1.82) is 0 Å². The Kier molecular flexibility index (Phi) is 8.40. The highest BCUT2D eigenvalue weighted by atomic mass is 35.5. The van der Waals surface area contributed by atoms with Crippen LogP contribution in [0.3, 0.4) is 0 Å². The molecule has 1 amide bonds. The van der Waals surface area contributed by atoms with Gasteiger partial charge in [-0.2, -0.15) is 5.10 Å². The lowest BCUT2D eigenvalue weighted by Gasteiger charge is -2.23. The molecule has 0 spiro atoms. The van der Waals surface area contributed by atoms with E-state index in [1.165, 1.54) is 13.3 Å². The van der Waals surface area contributed by atoms with Gasteiger partial charge in [-0.25, -0.2) is 18.6 Å². The number of amides is 1. The SMILES string of the molecule is COC(=O)COc1cccc(/C=N\NC(=O)CN(c2cccc(Cl)c2C)S(C)(=O)=O)c1. The van der Waals surface area contributed by atoms with Crippen LogP contribution in [-0.4, -0.2) is 53.0 Å². The van der Waals surface area contributed by atoms with Crippen molar-refractivity contribution in [3.8, 4) is 5.75 Å². The second-order valence-electron chi connectivity index (χ2n) is 6.38. The van der Waals surface area contributed by atoms with Gasteiger partial charge in [-0.05, 0) is 42.3 Å². The maximum absolute atomic E-state index is 12.3. The zero-order valence-corrected chi connectivity index (χ0v) is 18.7. The first-order valence-corrected chi connectivity index (χ1v) is 11.2. The Balaban J connectivity index is 2.05. The molecule has 0 aliphatic rings. The predicted molar refractivity (Wildman–Crippen MR) is 118 cm³/mol. The van der Waals surface area contributed by atoms with Gasteiger partial charge in [0, 0.05) is 5.02 Å². The molecule has 2 aromatic carbocycles. The number of anilines is 1. The summed E-state index contributed by atoms with van der Waals surface area (Å²) in [5.74, 6) is -0.740. The minimum absolute atomic E-state index is 0.238. The van der Waals surface area contributed by atoms with Crippen molar-refractivity contribution >= 4 is 45.4 Å². The molecule has 0 bridgehead atoms. The highest BCUT2D eigenvalue weighted by Gasteiger charge is 2.23. The molecule has 2 aromatic rings. The number of hydrogen-bond acceptors (Lipinski definition) is 7. The average molecular weight is 468 g/mol. The number of hydrogen-bond donors (Lipinski definition) is 1. The molecule has 0 radical (unpaired) electrons. The summed E-state index contributed by atoms with van der Waals surface area (Å²) in [6.45, 7) is 0.957. The Bertz CT molecular complexity index is 1090. The van der Waals surface area contributed by atoms with Crippen molar-refractivity contribution in [2.75, 3.05) is 30.8 Å². The van der Waals surface area contributed by atoms with Gasteiger partial charge in [0.1, 0.15) is 12.3 Å². The van der Waals surface area contributed by atoms with E-state index in [1.807, 2.05) is 0 Å². The van der Waals surface area contributed by atoms with Crippen LogP contribution in [0.1, 0.15) is 11.1 Å². The molecule has 31 heavy (non-hydrogen) atoms. The predicted octanol–water partition coefficient (Wildman–Crippen LogP) is 2.12. The van der Waals surface area contributed by atoms with Crippen molar-refractivity contribution < 1.29 is 27.5 Å². The summed E-state index contributed by atoms with van der Waals surface area (Å²) in [4.78, 5) is 23.4. The third-order valence-electron chi connectivity index (χ3n) is 4.04. The van der Waals surface area contributed by atoms with E-state index in [-0.39, 0.29) is 6.61 Å². The first-order valence-electron chi connectivity index (χ1n) is 8.96. The number of methoxy groups -OCH3 is 1. The summed E-state index contributed by atoms with van der Waals surface area (Å²) < 4.78 is 35.2. The lowest BCUT2D eigenvalue weighted by Crippen LogP contribution is -2.39. The second kappa shape index (κ2) is 10.8. The summed E-state index contributed by atoms with van der Waals surface area (Å²) in [5, 5.41) is 4.23. The standard InChI is InChI=1S/C20H22ClN3O6S/c1-14-17(21)8-5-9-18(14)24(31(3,27)28)12-19(25)23-22-11-15-6-4-7-16(10-15)30-13-20(26)29-2/h4-11H,12-13H2,1-3H3,(H,23,25)/b22-11-. The van der Waals surface area contributed by atoms with Gasteiger partial charge in [-0.15, -0.1) is 0 Å². The van der Waals surface area contributed by atoms with E-state index in [2.05, 4.69) is 15.3 Å². The Labute approximate surface area is 185 Å². The zero-order chi connectivity index (χ0) is 23.0. The molecule has 0 aliphatic carbocycles. The van der Waals surface area contributed by atoms with Gasteiger partial charge in [0.05, 0.1) is 25.3 Å². The number of esters is 1. The lowest BCUT2D eigenvalue weighted by atomic mass is 10.2. The summed E-state index contributed by atoms with van der Waals surface area (Å²) in [6.07, 6.45) is 2.36. The van der Waals surface area contributed by atoms with Crippen LogP contribution in [0.25, 0.3) is 0 Å². The first kappa shape index (κ1) is 24.2. The molecule has 0 heterocycles. The summed E-state index contributed by atoms with van der Waals surface area (Å²) in [6, 6.07) is 11.5. The van der Waals surface area contributed by atoms with E-state index in [0.29, 0.717) is 27.6 Å². The third-order valence-corrected chi connectivity index (χ3v) is 5.58. The van der Waals surface area contributed by atoms with Gasteiger partial charge in [-0.1, -0.05) is 29.8 Å². The van der Waals surface area contributed by atoms with E-state index in [1.54, 1.807) is 49.4 Å². The van der Waals surface area contributed by atoms with Gasteiger partial charge in [0.15, 0.2) is 6.61 Å². The molecule has 0 fully saturated rings. The number of sulfonamides is 1. The third kappa shape index (κ3) is 7.26. The molecule has 0 aliphatic heterocycles. The van der Waals surface area contributed by atoms with Gasteiger partial charge in [0.2, 0.25) is 10.0 Å². The molecule has 0 atom stereocenters. The highest BCUT2D eigenvalue weighted by Crippen LogP contribution is 2.27. The van der Waals surface area contributed by atoms with Crippen LogP contribution in [0, 0.1) is 6.92 Å². The maximum atomic E-state index is 12.3.